The van der Waals surface area contributed by atoms with Crippen molar-refractivity contribution in [3.63, 3.8) is 0 Å². The molecule has 2 rings (SSSR count). The monoisotopic (exact) mass is 516 g/mol. The molecule has 0 aliphatic carbocycles. The van der Waals surface area contributed by atoms with E-state index in [1.807, 2.05) is 19.1 Å². The third-order valence-electron chi connectivity index (χ3n) is 7.21. The normalized spacial score (nSPS) is 13.2. The van der Waals surface area contributed by atoms with Gasteiger partial charge in [-0.2, -0.15) is 0 Å². The molecule has 0 amide bonds. The first kappa shape index (κ1) is 31.7. The minimum Gasteiger partial charge on any atom is -0.115 e. The molecular formula is C39H48. The molecule has 0 radical (unpaired) electrons. The molecule has 204 valence electrons. The standard InChI is InChI=1S/C39H48/c1-12-31(13-2)18-15-16-21-37(33-22-24-36(25-23-33)39(9,10)11)30(8)26-32(14-3)34-19-17-20-35(27-34)38(28(4)5)29(6)7/h1,13,15,17-20,22-27,37H,4,8,14,16,21H2,2-3,5-7,9-11H3/b18-15-,31-13-,32-26+. The van der Waals surface area contributed by atoms with Crippen molar-refractivity contribution in [2.45, 2.75) is 86.0 Å². The molecule has 1 unspecified atom stereocenters. The van der Waals surface area contributed by atoms with Gasteiger partial charge >= 0.3 is 0 Å². The van der Waals surface area contributed by atoms with Crippen molar-refractivity contribution in [3.8, 4) is 12.3 Å². The predicted octanol–water partition coefficient (Wildman–Crippen LogP) is 11.4. The van der Waals surface area contributed by atoms with E-state index < -0.39 is 0 Å². The topological polar surface area (TPSA) is 0 Å². The largest absolute Gasteiger partial charge is 0.115 e. The van der Waals surface area contributed by atoms with Crippen molar-refractivity contribution >= 4 is 11.1 Å². The summed E-state index contributed by atoms with van der Waals surface area (Å²) in [7, 11) is 0. The molecule has 0 heteroatoms. The second-order valence-corrected chi connectivity index (χ2v) is 11.6. The van der Waals surface area contributed by atoms with Crippen LogP contribution >= 0.6 is 0 Å². The summed E-state index contributed by atoms with van der Waals surface area (Å²) in [5.41, 5.74) is 12.2. The summed E-state index contributed by atoms with van der Waals surface area (Å²) in [5, 5.41) is 0. The summed E-state index contributed by atoms with van der Waals surface area (Å²) >= 11 is 0. The molecule has 2 aromatic carbocycles. The number of hydrogen-bond acceptors (Lipinski definition) is 0. The SMILES string of the molecule is C#CC(/C=C\CCC(C(=C)/C=C(\CC)c1cccc(C(C(=C)C)=C(C)C)c1)c1ccc(C(C)(C)C)cc1)=C/C. The van der Waals surface area contributed by atoms with Gasteiger partial charge in [-0.05, 0) is 97.4 Å². The Morgan fingerprint density at radius 1 is 1.00 bits per heavy atom. The highest BCUT2D eigenvalue weighted by molar-refractivity contribution is 5.82. The van der Waals surface area contributed by atoms with E-state index in [1.54, 1.807) is 0 Å². The molecule has 0 fully saturated rings. The molecule has 0 aliphatic rings. The van der Waals surface area contributed by atoms with Crippen LogP contribution in [0.4, 0.5) is 0 Å². The van der Waals surface area contributed by atoms with E-state index in [2.05, 4.69) is 128 Å². The first-order valence-corrected chi connectivity index (χ1v) is 14.2. The van der Waals surface area contributed by atoms with Gasteiger partial charge in [0, 0.05) is 11.5 Å². The second-order valence-electron chi connectivity index (χ2n) is 11.6. The van der Waals surface area contributed by atoms with Crippen molar-refractivity contribution in [2.24, 2.45) is 0 Å². The molecule has 0 saturated carbocycles. The number of terminal acetylenes is 1. The van der Waals surface area contributed by atoms with Gasteiger partial charge in [0.25, 0.3) is 0 Å². The van der Waals surface area contributed by atoms with E-state index >= 15 is 0 Å². The van der Waals surface area contributed by atoms with Crippen molar-refractivity contribution < 1.29 is 0 Å². The fourth-order valence-electron chi connectivity index (χ4n) is 5.03. The van der Waals surface area contributed by atoms with Crippen LogP contribution in [0.3, 0.4) is 0 Å². The van der Waals surface area contributed by atoms with E-state index in [9.17, 15) is 0 Å². The van der Waals surface area contributed by atoms with Gasteiger partial charge in [-0.1, -0.05) is 125 Å². The molecule has 0 saturated heterocycles. The Bertz CT molecular complexity index is 1310. The van der Waals surface area contributed by atoms with Crippen LogP contribution < -0.4 is 0 Å². The fourth-order valence-corrected chi connectivity index (χ4v) is 5.03. The molecule has 39 heavy (non-hydrogen) atoms. The summed E-state index contributed by atoms with van der Waals surface area (Å²) in [6, 6.07) is 18.0. The lowest BCUT2D eigenvalue weighted by molar-refractivity contribution is 0.589. The van der Waals surface area contributed by atoms with E-state index in [-0.39, 0.29) is 11.3 Å². The van der Waals surface area contributed by atoms with Crippen LogP contribution in [-0.4, -0.2) is 0 Å². The van der Waals surface area contributed by atoms with Crippen LogP contribution in [0.1, 0.15) is 103 Å². The average molecular weight is 517 g/mol. The molecule has 0 heterocycles. The third kappa shape index (κ3) is 9.01. The van der Waals surface area contributed by atoms with E-state index in [1.165, 1.54) is 39.0 Å². The van der Waals surface area contributed by atoms with Crippen LogP contribution in [0, 0.1) is 12.3 Å². The number of rotatable bonds is 11. The Morgan fingerprint density at radius 2 is 1.64 bits per heavy atom. The van der Waals surface area contributed by atoms with Gasteiger partial charge in [-0.15, -0.1) is 6.42 Å². The summed E-state index contributed by atoms with van der Waals surface area (Å²) in [5.74, 6) is 2.95. The van der Waals surface area contributed by atoms with Crippen LogP contribution in [0.25, 0.3) is 11.1 Å². The Labute approximate surface area is 239 Å². The highest BCUT2D eigenvalue weighted by Crippen LogP contribution is 2.35. The Morgan fingerprint density at radius 3 is 2.15 bits per heavy atom. The zero-order valence-electron chi connectivity index (χ0n) is 25.6. The maximum atomic E-state index is 5.60. The molecule has 0 aliphatic heterocycles. The third-order valence-corrected chi connectivity index (χ3v) is 7.21. The van der Waals surface area contributed by atoms with Crippen LogP contribution in [0.2, 0.25) is 0 Å². The van der Waals surface area contributed by atoms with Crippen molar-refractivity contribution in [1.29, 1.82) is 0 Å². The highest BCUT2D eigenvalue weighted by atomic mass is 14.2. The van der Waals surface area contributed by atoms with Gasteiger partial charge in [0.15, 0.2) is 0 Å². The molecule has 0 spiro atoms. The lowest BCUT2D eigenvalue weighted by Gasteiger charge is -2.22. The smallest absolute Gasteiger partial charge is 0.0196 e. The zero-order chi connectivity index (χ0) is 29.2. The maximum Gasteiger partial charge on any atom is 0.0196 e. The van der Waals surface area contributed by atoms with Gasteiger partial charge in [-0.3, -0.25) is 0 Å². The van der Waals surface area contributed by atoms with Crippen LogP contribution in [0.15, 0.2) is 108 Å². The minimum absolute atomic E-state index is 0.125. The second kappa shape index (κ2) is 14.6. The van der Waals surface area contributed by atoms with Gasteiger partial charge in [0.1, 0.15) is 0 Å². The zero-order valence-corrected chi connectivity index (χ0v) is 25.6. The van der Waals surface area contributed by atoms with E-state index in [0.29, 0.717) is 0 Å². The molecule has 2 aromatic rings. The maximum absolute atomic E-state index is 5.60. The summed E-state index contributed by atoms with van der Waals surface area (Å²) < 4.78 is 0. The molecular weight excluding hydrogens is 468 g/mol. The number of allylic oxidation sites excluding steroid dienone is 10. The predicted molar refractivity (Wildman–Crippen MR) is 176 cm³/mol. The summed E-state index contributed by atoms with van der Waals surface area (Å²) in [6.45, 7) is 26.2. The van der Waals surface area contributed by atoms with Crippen LogP contribution in [0.5, 0.6) is 0 Å². The lowest BCUT2D eigenvalue weighted by atomic mass is 9.82. The Hall–Kier alpha value is -3.56. The number of hydrogen-bond donors (Lipinski definition) is 0. The van der Waals surface area contributed by atoms with Gasteiger partial charge in [0.2, 0.25) is 0 Å². The first-order chi connectivity index (χ1) is 18.4. The van der Waals surface area contributed by atoms with Gasteiger partial charge < -0.3 is 0 Å². The van der Waals surface area contributed by atoms with Gasteiger partial charge in [0.05, 0.1) is 0 Å². The highest BCUT2D eigenvalue weighted by Gasteiger charge is 2.18. The van der Waals surface area contributed by atoms with E-state index in [0.717, 1.165) is 36.0 Å². The number of benzene rings is 2. The summed E-state index contributed by atoms with van der Waals surface area (Å²) in [4.78, 5) is 0. The van der Waals surface area contributed by atoms with Crippen molar-refractivity contribution in [3.05, 3.63) is 131 Å². The van der Waals surface area contributed by atoms with Crippen LogP contribution in [-0.2, 0) is 5.41 Å². The van der Waals surface area contributed by atoms with Crippen molar-refractivity contribution in [2.75, 3.05) is 0 Å². The minimum atomic E-state index is 0.125. The van der Waals surface area contributed by atoms with E-state index in [4.69, 9.17) is 6.42 Å². The van der Waals surface area contributed by atoms with Gasteiger partial charge in [-0.25, -0.2) is 0 Å². The fraction of sp³-hybridized carbons (Fsp3) is 0.333. The first-order valence-electron chi connectivity index (χ1n) is 14.2. The molecule has 0 bridgehead atoms. The Kier molecular flexibility index (Phi) is 11.8. The van der Waals surface area contributed by atoms with Crippen molar-refractivity contribution in [1.82, 2.24) is 0 Å². The quantitative estimate of drug-likeness (QED) is 0.206. The molecule has 0 N–H and O–H groups in total. The lowest BCUT2D eigenvalue weighted by Crippen LogP contribution is -2.11. The average Bonchev–Trinajstić information content (AvgIpc) is 2.88. The molecule has 1 atom stereocenters. The molecule has 0 nitrogen and oxygen atoms in total. The summed E-state index contributed by atoms with van der Waals surface area (Å²) in [6.07, 6.45) is 16.9. The Balaban J connectivity index is 2.48. The molecule has 0 aromatic heterocycles.